The Labute approximate surface area is 93.8 Å². The summed E-state index contributed by atoms with van der Waals surface area (Å²) in [5, 5.41) is 4.96. The van der Waals surface area contributed by atoms with E-state index in [1.54, 1.807) is 0 Å². The minimum Gasteiger partial charge on any atom is -0.392 e. The minimum atomic E-state index is -0.685. The van der Waals surface area contributed by atoms with E-state index in [0.29, 0.717) is 5.92 Å². The number of thiocarbonyl (C=S) groups is 1. The zero-order chi connectivity index (χ0) is 11.4. The number of carbonyl (C=O) groups excluding carboxylic acids is 2. The Morgan fingerprint density at radius 2 is 2.07 bits per heavy atom. The standard InChI is InChI=1S/C9H15N3O2S/c1-5(6-2-3-6)12-9(14)8(13)11-4-7(10)15/h5-6H,2-4H2,1H3,(H2,10,15)(H,11,13)(H,12,14). The van der Waals surface area contributed by atoms with Crippen molar-refractivity contribution in [3.63, 3.8) is 0 Å². The number of carbonyl (C=O) groups is 2. The summed E-state index contributed by atoms with van der Waals surface area (Å²) >= 11 is 4.57. The van der Waals surface area contributed by atoms with Gasteiger partial charge in [-0.25, -0.2) is 0 Å². The van der Waals surface area contributed by atoms with Crippen molar-refractivity contribution in [2.75, 3.05) is 6.54 Å². The van der Waals surface area contributed by atoms with Crippen LogP contribution in [0.4, 0.5) is 0 Å². The summed E-state index contributed by atoms with van der Waals surface area (Å²) in [6.45, 7) is 1.95. The Hall–Kier alpha value is -1.17. The van der Waals surface area contributed by atoms with E-state index in [4.69, 9.17) is 5.73 Å². The van der Waals surface area contributed by atoms with Gasteiger partial charge >= 0.3 is 11.8 Å². The van der Waals surface area contributed by atoms with Gasteiger partial charge in [-0.15, -0.1) is 0 Å². The van der Waals surface area contributed by atoms with Crippen LogP contribution < -0.4 is 16.4 Å². The Morgan fingerprint density at radius 3 is 2.53 bits per heavy atom. The van der Waals surface area contributed by atoms with Gasteiger partial charge in [-0.05, 0) is 25.7 Å². The lowest BCUT2D eigenvalue weighted by molar-refractivity contribution is -0.139. The van der Waals surface area contributed by atoms with Crippen LogP contribution in [0.25, 0.3) is 0 Å². The number of nitrogens with two attached hydrogens (primary N) is 1. The molecule has 1 aliphatic carbocycles. The van der Waals surface area contributed by atoms with Crippen LogP contribution in [0.3, 0.4) is 0 Å². The van der Waals surface area contributed by atoms with Gasteiger partial charge in [0.25, 0.3) is 0 Å². The van der Waals surface area contributed by atoms with Crippen molar-refractivity contribution < 1.29 is 9.59 Å². The zero-order valence-corrected chi connectivity index (χ0v) is 9.39. The second kappa shape index (κ2) is 5.06. The lowest BCUT2D eigenvalue weighted by atomic mass is 10.2. The highest BCUT2D eigenvalue weighted by Gasteiger charge is 2.30. The summed E-state index contributed by atoms with van der Waals surface area (Å²) in [4.78, 5) is 22.6. The van der Waals surface area contributed by atoms with Gasteiger partial charge in [-0.2, -0.15) is 0 Å². The van der Waals surface area contributed by atoms with E-state index < -0.39 is 11.8 Å². The van der Waals surface area contributed by atoms with Crippen LogP contribution in [0, 0.1) is 5.92 Å². The van der Waals surface area contributed by atoms with Crippen LogP contribution in [0.5, 0.6) is 0 Å². The lowest BCUT2D eigenvalue weighted by Gasteiger charge is -2.12. The number of amides is 2. The maximum atomic E-state index is 11.3. The van der Waals surface area contributed by atoms with E-state index in [9.17, 15) is 9.59 Å². The predicted molar refractivity (Wildman–Crippen MR) is 60.1 cm³/mol. The Bertz CT molecular complexity index is 289. The first-order valence-corrected chi connectivity index (χ1v) is 5.28. The number of rotatable bonds is 4. The maximum Gasteiger partial charge on any atom is 0.309 e. The molecule has 1 unspecified atom stereocenters. The van der Waals surface area contributed by atoms with E-state index in [0.717, 1.165) is 12.8 Å². The molecule has 0 saturated heterocycles. The fourth-order valence-corrected chi connectivity index (χ4v) is 1.31. The molecule has 6 heteroatoms. The van der Waals surface area contributed by atoms with Gasteiger partial charge in [-0.1, -0.05) is 12.2 Å². The summed E-state index contributed by atoms with van der Waals surface area (Å²) in [6.07, 6.45) is 2.24. The molecule has 0 radical (unpaired) electrons. The van der Waals surface area contributed by atoms with Crippen LogP contribution in [-0.2, 0) is 9.59 Å². The summed E-state index contributed by atoms with van der Waals surface area (Å²) in [5.74, 6) is -0.779. The predicted octanol–water partition coefficient (Wildman–Crippen LogP) is -0.697. The van der Waals surface area contributed by atoms with Crippen LogP contribution in [0.15, 0.2) is 0 Å². The van der Waals surface area contributed by atoms with Gasteiger partial charge in [0.15, 0.2) is 0 Å². The second-order valence-electron chi connectivity index (χ2n) is 3.75. The van der Waals surface area contributed by atoms with Crippen molar-refractivity contribution in [2.45, 2.75) is 25.8 Å². The van der Waals surface area contributed by atoms with Gasteiger partial charge in [0, 0.05) is 6.04 Å². The van der Waals surface area contributed by atoms with Crippen LogP contribution in [0.1, 0.15) is 19.8 Å². The third kappa shape index (κ3) is 4.24. The van der Waals surface area contributed by atoms with E-state index in [2.05, 4.69) is 22.9 Å². The van der Waals surface area contributed by atoms with E-state index >= 15 is 0 Å². The first-order chi connectivity index (χ1) is 7.00. The molecule has 0 aromatic rings. The minimum absolute atomic E-state index is 0.0550. The molecular formula is C9H15N3O2S. The molecule has 0 spiro atoms. The molecule has 0 bridgehead atoms. The van der Waals surface area contributed by atoms with Crippen LogP contribution >= 0.6 is 12.2 Å². The molecule has 0 aliphatic heterocycles. The summed E-state index contributed by atoms with van der Waals surface area (Å²) in [6, 6.07) is 0.0630. The molecule has 1 fully saturated rings. The highest BCUT2D eigenvalue weighted by atomic mass is 32.1. The summed E-state index contributed by atoms with van der Waals surface area (Å²) < 4.78 is 0. The number of hydrogen-bond donors (Lipinski definition) is 3. The molecule has 15 heavy (non-hydrogen) atoms. The van der Waals surface area contributed by atoms with Gasteiger partial charge in [0.1, 0.15) is 0 Å². The van der Waals surface area contributed by atoms with Crippen molar-refractivity contribution in [3.05, 3.63) is 0 Å². The van der Waals surface area contributed by atoms with Crippen molar-refractivity contribution in [2.24, 2.45) is 11.7 Å². The van der Waals surface area contributed by atoms with E-state index in [-0.39, 0.29) is 17.6 Å². The summed E-state index contributed by atoms with van der Waals surface area (Å²) in [5.41, 5.74) is 5.19. The van der Waals surface area contributed by atoms with E-state index in [1.807, 2.05) is 6.92 Å². The van der Waals surface area contributed by atoms with E-state index in [1.165, 1.54) is 0 Å². The third-order valence-electron chi connectivity index (χ3n) is 2.32. The average molecular weight is 229 g/mol. The first kappa shape index (κ1) is 11.9. The first-order valence-electron chi connectivity index (χ1n) is 4.87. The molecule has 84 valence electrons. The van der Waals surface area contributed by atoms with Crippen molar-refractivity contribution in [1.82, 2.24) is 10.6 Å². The largest absolute Gasteiger partial charge is 0.392 e. The SMILES string of the molecule is CC(NC(=O)C(=O)NCC(N)=S)C1CC1. The number of hydrogen-bond acceptors (Lipinski definition) is 3. The smallest absolute Gasteiger partial charge is 0.309 e. The number of nitrogens with one attached hydrogen (secondary N) is 2. The van der Waals surface area contributed by atoms with Crippen LogP contribution in [-0.4, -0.2) is 29.4 Å². The maximum absolute atomic E-state index is 11.3. The molecule has 0 aromatic carbocycles. The van der Waals surface area contributed by atoms with Crippen molar-refractivity contribution >= 4 is 29.0 Å². The molecule has 1 saturated carbocycles. The fourth-order valence-electron chi connectivity index (χ4n) is 1.23. The molecular weight excluding hydrogens is 214 g/mol. The highest BCUT2D eigenvalue weighted by molar-refractivity contribution is 7.80. The Kier molecular flexibility index (Phi) is 4.02. The molecule has 0 heterocycles. The molecule has 5 nitrogen and oxygen atoms in total. The molecule has 0 aromatic heterocycles. The average Bonchev–Trinajstić information content (AvgIpc) is 2.96. The van der Waals surface area contributed by atoms with Gasteiger partial charge in [-0.3, -0.25) is 9.59 Å². The second-order valence-corrected chi connectivity index (χ2v) is 4.27. The highest BCUT2D eigenvalue weighted by Crippen LogP contribution is 2.32. The summed E-state index contributed by atoms with van der Waals surface area (Å²) in [7, 11) is 0. The zero-order valence-electron chi connectivity index (χ0n) is 8.58. The quantitative estimate of drug-likeness (QED) is 0.440. The fraction of sp³-hybridized carbons (Fsp3) is 0.667. The van der Waals surface area contributed by atoms with Crippen LogP contribution in [0.2, 0.25) is 0 Å². The van der Waals surface area contributed by atoms with Gasteiger partial charge < -0.3 is 16.4 Å². The molecule has 1 rings (SSSR count). The molecule has 4 N–H and O–H groups in total. The Morgan fingerprint density at radius 1 is 1.47 bits per heavy atom. The monoisotopic (exact) mass is 229 g/mol. The Balaban J connectivity index is 2.25. The van der Waals surface area contributed by atoms with Crippen molar-refractivity contribution in [3.8, 4) is 0 Å². The topological polar surface area (TPSA) is 84.2 Å². The molecule has 1 atom stereocenters. The van der Waals surface area contributed by atoms with Crippen molar-refractivity contribution in [1.29, 1.82) is 0 Å². The lowest BCUT2D eigenvalue weighted by Crippen LogP contribution is -2.46. The van der Waals surface area contributed by atoms with Gasteiger partial charge in [0.2, 0.25) is 0 Å². The van der Waals surface area contributed by atoms with Gasteiger partial charge in [0.05, 0.1) is 11.5 Å². The molecule has 1 aliphatic rings. The third-order valence-corrected chi connectivity index (χ3v) is 2.46. The molecule has 2 amide bonds. The normalized spacial score (nSPS) is 16.6.